The molecular formula is C23H25N3O4S2. The van der Waals surface area contributed by atoms with Crippen molar-refractivity contribution < 1.29 is 14.3 Å². The van der Waals surface area contributed by atoms with Gasteiger partial charge < -0.3 is 10.1 Å². The third-order valence-electron chi connectivity index (χ3n) is 6.41. The minimum atomic E-state index is -0.420. The number of aromatic nitrogens is 2. The summed E-state index contributed by atoms with van der Waals surface area (Å²) >= 11 is 2.71. The van der Waals surface area contributed by atoms with Crippen LogP contribution < -0.4 is 10.9 Å². The van der Waals surface area contributed by atoms with Crippen LogP contribution in [-0.4, -0.2) is 28.5 Å². The lowest BCUT2D eigenvalue weighted by Gasteiger charge is -2.11. The van der Waals surface area contributed by atoms with Gasteiger partial charge in [0, 0.05) is 17.8 Å². The smallest absolute Gasteiger partial charge is 0.341 e. The fourth-order valence-electron chi connectivity index (χ4n) is 4.76. The molecule has 0 saturated carbocycles. The Morgan fingerprint density at radius 2 is 1.84 bits per heavy atom. The maximum Gasteiger partial charge on any atom is 0.341 e. The van der Waals surface area contributed by atoms with Crippen LogP contribution in [0.25, 0.3) is 10.2 Å². The summed E-state index contributed by atoms with van der Waals surface area (Å²) in [7, 11) is 1.36. The van der Waals surface area contributed by atoms with Gasteiger partial charge in [0.15, 0.2) is 0 Å². The molecule has 1 amide bonds. The molecule has 0 unspecified atom stereocenters. The van der Waals surface area contributed by atoms with Crippen LogP contribution in [0.5, 0.6) is 0 Å². The summed E-state index contributed by atoms with van der Waals surface area (Å²) in [6, 6.07) is 0. The van der Waals surface area contributed by atoms with Gasteiger partial charge in [-0.25, -0.2) is 9.78 Å². The summed E-state index contributed by atoms with van der Waals surface area (Å²) in [6.45, 7) is 2.48. The maximum absolute atomic E-state index is 13.3. The number of hydrogen-bond donors (Lipinski definition) is 1. The van der Waals surface area contributed by atoms with Crippen molar-refractivity contribution in [1.29, 1.82) is 0 Å². The zero-order valence-electron chi connectivity index (χ0n) is 18.2. The van der Waals surface area contributed by atoms with E-state index in [2.05, 4.69) is 5.32 Å². The molecule has 5 rings (SSSR count). The molecule has 32 heavy (non-hydrogen) atoms. The number of nitrogens with zero attached hydrogens (tertiary/aromatic N) is 2. The molecular weight excluding hydrogens is 446 g/mol. The van der Waals surface area contributed by atoms with Crippen molar-refractivity contribution in [3.63, 3.8) is 0 Å². The fourth-order valence-corrected chi connectivity index (χ4v) is 7.12. The predicted octanol–water partition coefficient (Wildman–Crippen LogP) is 4.47. The van der Waals surface area contributed by atoms with Gasteiger partial charge in [0.1, 0.15) is 15.7 Å². The van der Waals surface area contributed by atoms with Crippen molar-refractivity contribution in [3.05, 3.63) is 42.6 Å². The Morgan fingerprint density at radius 3 is 2.66 bits per heavy atom. The van der Waals surface area contributed by atoms with Crippen LogP contribution in [0.2, 0.25) is 0 Å². The number of rotatable bonds is 3. The van der Waals surface area contributed by atoms with Crippen LogP contribution in [-0.2, 0) is 30.5 Å². The molecule has 0 radical (unpaired) electrons. The van der Waals surface area contributed by atoms with Crippen molar-refractivity contribution in [2.45, 2.75) is 64.8 Å². The van der Waals surface area contributed by atoms with Crippen molar-refractivity contribution in [2.75, 3.05) is 12.4 Å². The number of thiophene rings is 2. The van der Waals surface area contributed by atoms with Gasteiger partial charge >= 0.3 is 5.97 Å². The summed E-state index contributed by atoms with van der Waals surface area (Å²) in [5.41, 5.74) is 2.08. The van der Waals surface area contributed by atoms with Gasteiger partial charge in [-0.05, 0) is 56.6 Å². The van der Waals surface area contributed by atoms with E-state index in [1.165, 1.54) is 29.8 Å². The molecule has 9 heteroatoms. The fraction of sp³-hybridized carbons (Fsp3) is 0.478. The van der Waals surface area contributed by atoms with E-state index in [0.717, 1.165) is 67.6 Å². The zero-order chi connectivity index (χ0) is 22.4. The molecule has 0 fully saturated rings. The van der Waals surface area contributed by atoms with E-state index in [1.54, 1.807) is 11.5 Å². The van der Waals surface area contributed by atoms with Gasteiger partial charge in [-0.2, -0.15) is 0 Å². The molecule has 0 saturated heterocycles. The third kappa shape index (κ3) is 3.47. The second kappa shape index (κ2) is 8.44. The first-order valence-corrected chi connectivity index (χ1v) is 12.7. The molecule has 1 N–H and O–H groups in total. The minimum absolute atomic E-state index is 0.0541. The molecule has 4 heterocycles. The lowest BCUT2D eigenvalue weighted by atomic mass is 9.95. The molecule has 0 aromatic carbocycles. The average molecular weight is 472 g/mol. The highest BCUT2D eigenvalue weighted by Gasteiger charge is 2.28. The number of carbonyl (C=O) groups is 2. The monoisotopic (exact) mass is 471 g/mol. The van der Waals surface area contributed by atoms with Gasteiger partial charge in [-0.15, -0.1) is 22.7 Å². The second-order valence-electron chi connectivity index (χ2n) is 8.39. The number of ether oxygens (including phenoxy) is 1. The van der Waals surface area contributed by atoms with E-state index in [4.69, 9.17) is 9.72 Å². The zero-order valence-corrected chi connectivity index (χ0v) is 19.8. The van der Waals surface area contributed by atoms with Crippen molar-refractivity contribution in [3.8, 4) is 0 Å². The Bertz CT molecular complexity index is 1300. The lowest BCUT2D eigenvalue weighted by molar-refractivity contribution is 0.0601. The highest BCUT2D eigenvalue weighted by atomic mass is 32.1. The van der Waals surface area contributed by atoms with Crippen molar-refractivity contribution in [1.82, 2.24) is 9.55 Å². The Morgan fingerprint density at radius 1 is 1.06 bits per heavy atom. The first-order valence-electron chi connectivity index (χ1n) is 11.1. The number of methoxy groups -OCH3 is 1. The van der Waals surface area contributed by atoms with E-state index in [-0.39, 0.29) is 11.5 Å². The molecule has 168 valence electrons. The molecule has 1 aliphatic carbocycles. The number of amides is 1. The van der Waals surface area contributed by atoms with Gasteiger partial charge in [0.05, 0.1) is 22.9 Å². The SMILES string of the molecule is COC(=O)c1c(NC(=O)c2sc3nc4n(c(=O)c3c2C)CCCCC4)sc2c1CCCC2. The topological polar surface area (TPSA) is 90.3 Å². The van der Waals surface area contributed by atoms with Crippen LogP contribution in [0, 0.1) is 6.92 Å². The highest BCUT2D eigenvalue weighted by molar-refractivity contribution is 7.21. The largest absolute Gasteiger partial charge is 0.465 e. The summed E-state index contributed by atoms with van der Waals surface area (Å²) < 4.78 is 6.79. The Hall–Kier alpha value is -2.52. The van der Waals surface area contributed by atoms with E-state index in [1.807, 2.05) is 0 Å². The Kier molecular flexibility index (Phi) is 5.63. The number of anilines is 1. The normalized spacial score (nSPS) is 15.7. The Balaban J connectivity index is 1.55. The number of nitrogens with one attached hydrogen (secondary N) is 1. The van der Waals surface area contributed by atoms with E-state index < -0.39 is 5.97 Å². The minimum Gasteiger partial charge on any atom is -0.465 e. The number of hydrogen-bond acceptors (Lipinski definition) is 7. The molecule has 2 aliphatic rings. The molecule has 3 aromatic heterocycles. The van der Waals surface area contributed by atoms with Gasteiger partial charge in [-0.3, -0.25) is 14.2 Å². The molecule has 0 atom stereocenters. The number of aryl methyl sites for hydroxylation is 3. The van der Waals surface area contributed by atoms with E-state index in [0.29, 0.717) is 37.8 Å². The van der Waals surface area contributed by atoms with Crippen molar-refractivity contribution in [2.24, 2.45) is 0 Å². The van der Waals surface area contributed by atoms with Crippen LogP contribution in [0.15, 0.2) is 4.79 Å². The molecule has 0 spiro atoms. The van der Waals surface area contributed by atoms with Crippen LogP contribution in [0.1, 0.15) is 74.0 Å². The number of esters is 1. The number of fused-ring (bicyclic) bond motifs is 3. The molecule has 0 bridgehead atoms. The van der Waals surface area contributed by atoms with E-state index >= 15 is 0 Å². The molecule has 7 nitrogen and oxygen atoms in total. The highest BCUT2D eigenvalue weighted by Crippen LogP contribution is 2.39. The average Bonchev–Trinajstić information content (AvgIpc) is 3.20. The van der Waals surface area contributed by atoms with Crippen LogP contribution in [0.4, 0.5) is 5.00 Å². The van der Waals surface area contributed by atoms with Crippen LogP contribution in [0.3, 0.4) is 0 Å². The third-order valence-corrected chi connectivity index (χ3v) is 8.80. The Labute approximate surface area is 193 Å². The van der Waals surface area contributed by atoms with E-state index in [9.17, 15) is 14.4 Å². The maximum atomic E-state index is 13.3. The summed E-state index contributed by atoms with van der Waals surface area (Å²) in [5.74, 6) is 0.0809. The number of carbonyl (C=O) groups excluding carboxylic acids is 2. The van der Waals surface area contributed by atoms with Crippen molar-refractivity contribution >= 4 is 49.8 Å². The summed E-state index contributed by atoms with van der Waals surface area (Å²) in [4.78, 5) is 45.9. The van der Waals surface area contributed by atoms with Crippen LogP contribution >= 0.6 is 22.7 Å². The quantitative estimate of drug-likeness (QED) is 0.569. The summed E-state index contributed by atoms with van der Waals surface area (Å²) in [5, 5.41) is 4.02. The molecule has 3 aromatic rings. The first-order chi connectivity index (χ1) is 15.5. The first kappa shape index (κ1) is 21.3. The standard InChI is InChI=1S/C23H25N3O4S2/c1-12-16-20(24-15-10-4-3-7-11-26(15)22(16)28)32-18(12)19(27)25-21-17(23(29)30-2)13-8-5-6-9-14(13)31-21/h3-11H2,1-2H3,(H,25,27). The lowest BCUT2D eigenvalue weighted by Crippen LogP contribution is -2.24. The second-order valence-corrected chi connectivity index (χ2v) is 10.5. The summed E-state index contributed by atoms with van der Waals surface area (Å²) in [6.07, 6.45) is 7.70. The van der Waals surface area contributed by atoms with Gasteiger partial charge in [0.25, 0.3) is 11.5 Å². The molecule has 1 aliphatic heterocycles. The predicted molar refractivity (Wildman–Crippen MR) is 126 cm³/mol. The van der Waals surface area contributed by atoms with Gasteiger partial charge in [0.2, 0.25) is 0 Å². The van der Waals surface area contributed by atoms with Gasteiger partial charge in [-0.1, -0.05) is 6.42 Å².